The molecule has 0 unspecified atom stereocenters. The number of hydrogen-bond acceptors (Lipinski definition) is 5. The summed E-state index contributed by atoms with van der Waals surface area (Å²) < 4.78 is 0. The lowest BCUT2D eigenvalue weighted by Crippen LogP contribution is -2.08. The molecule has 0 atom stereocenters. The Kier molecular flexibility index (Phi) is 5.84. The Hall–Kier alpha value is -2.38. The van der Waals surface area contributed by atoms with Crippen molar-refractivity contribution in [2.45, 2.75) is 13.5 Å². The van der Waals surface area contributed by atoms with Crippen molar-refractivity contribution in [3.8, 4) is 11.4 Å². The number of rotatable bonds is 5. The van der Waals surface area contributed by atoms with Crippen LogP contribution in [0.2, 0.25) is 15.1 Å². The average Bonchev–Trinajstić information content (AvgIpc) is 3.19. The van der Waals surface area contributed by atoms with Crippen LogP contribution in [0.15, 0.2) is 41.9 Å². The van der Waals surface area contributed by atoms with Crippen molar-refractivity contribution in [1.29, 1.82) is 0 Å². The lowest BCUT2D eigenvalue weighted by molar-refractivity contribution is 0.0697. The zero-order valence-electron chi connectivity index (χ0n) is 15.5. The van der Waals surface area contributed by atoms with Crippen LogP contribution in [0, 0.1) is 6.92 Å². The van der Waals surface area contributed by atoms with Gasteiger partial charge >= 0.3 is 5.97 Å². The lowest BCUT2D eigenvalue weighted by atomic mass is 9.99. The lowest BCUT2D eigenvalue weighted by Gasteiger charge is -2.16. The molecule has 0 aliphatic heterocycles. The third kappa shape index (κ3) is 3.96. The average molecular weight is 479 g/mol. The van der Waals surface area contributed by atoms with Crippen molar-refractivity contribution in [2.75, 3.05) is 5.32 Å². The maximum Gasteiger partial charge on any atom is 0.336 e. The van der Waals surface area contributed by atoms with Gasteiger partial charge in [0.25, 0.3) is 0 Å². The molecule has 0 radical (unpaired) electrons. The predicted octanol–water partition coefficient (Wildman–Crippen LogP) is 6.94. The van der Waals surface area contributed by atoms with Crippen molar-refractivity contribution in [2.24, 2.45) is 0 Å². The molecule has 0 saturated heterocycles. The highest BCUT2D eigenvalue weighted by Gasteiger charge is 2.22. The fraction of sp³-hybridized carbons (Fsp3) is 0.0952. The molecular weight excluding hydrogens is 465 g/mol. The van der Waals surface area contributed by atoms with Gasteiger partial charge in [-0.15, -0.1) is 11.3 Å². The number of carboxylic acids is 1. The first-order chi connectivity index (χ1) is 14.3. The first-order valence-corrected chi connectivity index (χ1v) is 10.8. The number of halogens is 3. The highest BCUT2D eigenvalue weighted by molar-refractivity contribution is 7.16. The molecule has 5 nitrogen and oxygen atoms in total. The monoisotopic (exact) mass is 477 g/mol. The van der Waals surface area contributed by atoms with Crippen LogP contribution in [0.3, 0.4) is 0 Å². The van der Waals surface area contributed by atoms with E-state index < -0.39 is 5.97 Å². The summed E-state index contributed by atoms with van der Waals surface area (Å²) in [5.41, 5.74) is 2.40. The Labute approximate surface area is 191 Å². The minimum absolute atomic E-state index is 0.0796. The molecule has 0 aliphatic rings. The molecule has 9 heteroatoms. The van der Waals surface area contributed by atoms with E-state index in [1.165, 1.54) is 11.3 Å². The Balaban J connectivity index is 1.77. The van der Waals surface area contributed by atoms with E-state index in [-0.39, 0.29) is 5.56 Å². The van der Waals surface area contributed by atoms with Crippen molar-refractivity contribution in [3.05, 3.63) is 73.7 Å². The molecule has 2 heterocycles. The molecule has 2 aromatic carbocycles. The third-order valence-corrected chi connectivity index (χ3v) is 6.68. The van der Waals surface area contributed by atoms with Crippen LogP contribution in [0.25, 0.3) is 21.6 Å². The van der Waals surface area contributed by atoms with E-state index in [0.717, 1.165) is 15.8 Å². The molecule has 30 heavy (non-hydrogen) atoms. The normalized spacial score (nSPS) is 11.1. The Bertz CT molecular complexity index is 1290. The molecule has 2 aromatic heterocycles. The van der Waals surface area contributed by atoms with Crippen LogP contribution >= 0.6 is 46.1 Å². The number of benzene rings is 2. The number of carbonyl (C=O) groups is 1. The second-order valence-corrected chi connectivity index (χ2v) is 8.65. The van der Waals surface area contributed by atoms with Crippen molar-refractivity contribution < 1.29 is 9.90 Å². The number of carboxylic acid groups (broad SMARTS) is 1. The highest BCUT2D eigenvalue weighted by atomic mass is 35.5. The molecule has 0 saturated carbocycles. The molecule has 0 aliphatic carbocycles. The Morgan fingerprint density at radius 2 is 1.97 bits per heavy atom. The van der Waals surface area contributed by atoms with Gasteiger partial charge in [0.05, 0.1) is 26.3 Å². The molecule has 0 amide bonds. The van der Waals surface area contributed by atoms with Gasteiger partial charge in [0.2, 0.25) is 0 Å². The van der Waals surface area contributed by atoms with E-state index in [9.17, 15) is 9.90 Å². The molecule has 0 spiro atoms. The Morgan fingerprint density at radius 1 is 1.17 bits per heavy atom. The van der Waals surface area contributed by atoms with Gasteiger partial charge in [-0.25, -0.2) is 14.8 Å². The maximum atomic E-state index is 12.0. The third-order valence-electron chi connectivity index (χ3n) is 4.63. The van der Waals surface area contributed by atoms with E-state index >= 15 is 0 Å². The number of aromatic nitrogens is 2. The summed E-state index contributed by atoms with van der Waals surface area (Å²) in [6, 6.07) is 8.92. The van der Waals surface area contributed by atoms with Crippen LogP contribution in [-0.4, -0.2) is 21.0 Å². The molecule has 0 fully saturated rings. The number of thiophene rings is 1. The topological polar surface area (TPSA) is 75.1 Å². The molecule has 0 bridgehead atoms. The fourth-order valence-electron chi connectivity index (χ4n) is 3.11. The molecule has 2 N–H and O–H groups in total. The minimum atomic E-state index is -1.09. The van der Waals surface area contributed by atoms with Crippen LogP contribution in [-0.2, 0) is 6.54 Å². The standard InChI is InChI=1S/C21H14Cl3N3O2S/c1-10-17(21(28)29)13(19-26-9-12-4-5-30-20(12)27-19)7-16(18(10)24)25-8-11-2-3-14(22)15(23)6-11/h2-7,9,25H,8H2,1H3,(H,28,29). The number of hydrogen-bond donors (Lipinski definition) is 2. The van der Waals surface area contributed by atoms with E-state index in [0.29, 0.717) is 44.3 Å². The molecule has 152 valence electrons. The highest BCUT2D eigenvalue weighted by Crippen LogP contribution is 2.36. The van der Waals surface area contributed by atoms with Gasteiger partial charge in [0, 0.05) is 23.7 Å². The zero-order valence-corrected chi connectivity index (χ0v) is 18.6. The zero-order chi connectivity index (χ0) is 21.4. The van der Waals surface area contributed by atoms with Gasteiger partial charge < -0.3 is 10.4 Å². The maximum absolute atomic E-state index is 12.0. The summed E-state index contributed by atoms with van der Waals surface area (Å²) >= 11 is 20.0. The van der Waals surface area contributed by atoms with Gasteiger partial charge in [0.15, 0.2) is 5.82 Å². The summed E-state index contributed by atoms with van der Waals surface area (Å²) in [5, 5.41) is 17.1. The van der Waals surface area contributed by atoms with Crippen LogP contribution < -0.4 is 5.32 Å². The number of aromatic carboxylic acids is 1. The smallest absolute Gasteiger partial charge is 0.336 e. The number of anilines is 1. The van der Waals surface area contributed by atoms with Crippen LogP contribution in [0.4, 0.5) is 5.69 Å². The first kappa shape index (κ1) is 20.9. The summed E-state index contributed by atoms with van der Waals surface area (Å²) in [6.07, 6.45) is 1.69. The molecule has 4 rings (SSSR count). The van der Waals surface area contributed by atoms with Crippen LogP contribution in [0.5, 0.6) is 0 Å². The molecule has 4 aromatic rings. The van der Waals surface area contributed by atoms with Crippen molar-refractivity contribution in [1.82, 2.24) is 9.97 Å². The Morgan fingerprint density at radius 3 is 2.70 bits per heavy atom. The minimum Gasteiger partial charge on any atom is -0.478 e. The summed E-state index contributed by atoms with van der Waals surface area (Å²) in [5.74, 6) is -0.755. The number of nitrogens with one attached hydrogen (secondary N) is 1. The summed E-state index contributed by atoms with van der Waals surface area (Å²) in [7, 11) is 0. The van der Waals surface area contributed by atoms with Gasteiger partial charge in [-0.3, -0.25) is 0 Å². The van der Waals surface area contributed by atoms with E-state index in [1.54, 1.807) is 31.3 Å². The summed E-state index contributed by atoms with van der Waals surface area (Å²) in [4.78, 5) is 21.7. The quantitative estimate of drug-likeness (QED) is 0.325. The van der Waals surface area contributed by atoms with E-state index in [2.05, 4.69) is 15.3 Å². The summed E-state index contributed by atoms with van der Waals surface area (Å²) in [6.45, 7) is 2.09. The first-order valence-electron chi connectivity index (χ1n) is 8.80. The largest absolute Gasteiger partial charge is 0.478 e. The predicted molar refractivity (Wildman–Crippen MR) is 123 cm³/mol. The van der Waals surface area contributed by atoms with Gasteiger partial charge in [0.1, 0.15) is 4.83 Å². The van der Waals surface area contributed by atoms with Crippen LogP contribution in [0.1, 0.15) is 21.5 Å². The fourth-order valence-corrected chi connectivity index (χ4v) is 4.38. The van der Waals surface area contributed by atoms with E-state index in [1.807, 2.05) is 17.5 Å². The number of fused-ring (bicyclic) bond motifs is 1. The second kappa shape index (κ2) is 8.40. The van der Waals surface area contributed by atoms with Crippen molar-refractivity contribution >= 4 is 68.0 Å². The van der Waals surface area contributed by atoms with Gasteiger partial charge in [-0.05, 0) is 47.7 Å². The van der Waals surface area contributed by atoms with Gasteiger partial charge in [-0.1, -0.05) is 40.9 Å². The number of nitrogens with zero attached hydrogens (tertiary/aromatic N) is 2. The molecular formula is C21H14Cl3N3O2S. The van der Waals surface area contributed by atoms with Crippen molar-refractivity contribution in [3.63, 3.8) is 0 Å². The SMILES string of the molecule is Cc1c(Cl)c(NCc2ccc(Cl)c(Cl)c2)cc(-c2ncc3ccsc3n2)c1C(=O)O. The second-order valence-electron chi connectivity index (χ2n) is 6.57. The van der Waals surface area contributed by atoms with E-state index in [4.69, 9.17) is 34.8 Å². The van der Waals surface area contributed by atoms with Gasteiger partial charge in [-0.2, -0.15) is 0 Å².